The highest BCUT2D eigenvalue weighted by atomic mass is 32.2. The number of aryl methyl sites for hydroxylation is 1. The first-order valence-corrected chi connectivity index (χ1v) is 9.09. The highest BCUT2D eigenvalue weighted by Gasteiger charge is 2.48. The molecule has 0 spiro atoms. The van der Waals surface area contributed by atoms with Gasteiger partial charge in [0.15, 0.2) is 0 Å². The summed E-state index contributed by atoms with van der Waals surface area (Å²) in [5.74, 6) is -0.595. The number of hydrogen-bond donors (Lipinski definition) is 1. The number of carbonyl (C=O) groups is 2. The molecule has 5 nitrogen and oxygen atoms in total. The second-order valence-corrected chi connectivity index (χ2v) is 7.14. The normalized spacial score (nSPS) is 19.2. The second-order valence-electron chi connectivity index (χ2n) is 6.04. The summed E-state index contributed by atoms with van der Waals surface area (Å²) in [6.07, 6.45) is 1.87. The molecule has 0 unspecified atom stereocenters. The van der Waals surface area contributed by atoms with E-state index >= 15 is 0 Å². The van der Waals surface area contributed by atoms with Crippen LogP contribution in [0.1, 0.15) is 24.6 Å². The predicted molar refractivity (Wildman–Crippen MR) is 97.9 cm³/mol. The van der Waals surface area contributed by atoms with Crippen molar-refractivity contribution in [1.29, 1.82) is 0 Å². The molecule has 126 valence electrons. The van der Waals surface area contributed by atoms with E-state index in [0.29, 0.717) is 17.0 Å². The molecule has 2 N–H and O–H groups in total. The number of hydrogen-bond acceptors (Lipinski definition) is 5. The number of rotatable bonds is 3. The molecule has 2 aliphatic rings. The van der Waals surface area contributed by atoms with Crippen molar-refractivity contribution in [3.8, 4) is 0 Å². The smallest absolute Gasteiger partial charge is 0.264 e. The number of carbonyl (C=O) groups excluding carboxylic acids is 2. The molecule has 1 aromatic heterocycles. The summed E-state index contributed by atoms with van der Waals surface area (Å²) in [5, 5.41) is 0.109. The standard InChI is InChI=1S/C19H17N3O2S/c1-2-6-11-9-10-13-15(20)14-16(25-17(13)21-11)19(24)22(18(14)23)12-7-4-3-5-8-12/h3-5,7-10,16H,2,6,20H2,1H3/t16-/m1/s1. The zero-order chi connectivity index (χ0) is 17.6. The summed E-state index contributed by atoms with van der Waals surface area (Å²) in [5.41, 5.74) is 9.30. The molecular formula is C19H17N3O2S. The molecule has 6 heteroatoms. The highest BCUT2D eigenvalue weighted by molar-refractivity contribution is 8.01. The Bertz CT molecular complexity index is 908. The van der Waals surface area contributed by atoms with Gasteiger partial charge in [0.25, 0.3) is 11.8 Å². The lowest BCUT2D eigenvalue weighted by Crippen LogP contribution is -2.31. The molecule has 0 saturated carbocycles. The summed E-state index contributed by atoms with van der Waals surface area (Å²) in [4.78, 5) is 31.6. The highest BCUT2D eigenvalue weighted by Crippen LogP contribution is 2.44. The lowest BCUT2D eigenvalue weighted by atomic mass is 10.1. The number of anilines is 1. The van der Waals surface area contributed by atoms with E-state index in [1.165, 1.54) is 16.7 Å². The van der Waals surface area contributed by atoms with E-state index < -0.39 is 5.25 Å². The fourth-order valence-electron chi connectivity index (χ4n) is 3.19. The van der Waals surface area contributed by atoms with Crippen LogP contribution in [0.3, 0.4) is 0 Å². The van der Waals surface area contributed by atoms with Gasteiger partial charge in [0.2, 0.25) is 0 Å². The number of thioether (sulfide) groups is 1. The molecule has 0 aliphatic carbocycles. The summed E-state index contributed by atoms with van der Waals surface area (Å²) < 4.78 is 0. The minimum Gasteiger partial charge on any atom is -0.398 e. The van der Waals surface area contributed by atoms with Gasteiger partial charge in [-0.2, -0.15) is 0 Å². The Morgan fingerprint density at radius 1 is 1.16 bits per heavy atom. The van der Waals surface area contributed by atoms with Gasteiger partial charge >= 0.3 is 0 Å². The van der Waals surface area contributed by atoms with Gasteiger partial charge in [-0.05, 0) is 30.7 Å². The topological polar surface area (TPSA) is 76.3 Å². The van der Waals surface area contributed by atoms with E-state index in [-0.39, 0.29) is 11.8 Å². The second kappa shape index (κ2) is 6.04. The van der Waals surface area contributed by atoms with Crippen molar-refractivity contribution in [2.24, 2.45) is 5.73 Å². The predicted octanol–water partition coefficient (Wildman–Crippen LogP) is 2.75. The summed E-state index contributed by atoms with van der Waals surface area (Å²) >= 11 is 1.32. The molecule has 2 amide bonds. The molecule has 1 aromatic carbocycles. The minimum absolute atomic E-state index is 0.257. The van der Waals surface area contributed by atoms with Crippen LogP contribution in [0, 0.1) is 0 Å². The Balaban J connectivity index is 1.79. The fourth-order valence-corrected chi connectivity index (χ4v) is 4.44. The Morgan fingerprint density at radius 3 is 2.64 bits per heavy atom. The molecule has 1 atom stereocenters. The Labute approximate surface area is 149 Å². The van der Waals surface area contributed by atoms with Crippen LogP contribution in [0.25, 0.3) is 5.70 Å². The maximum absolute atomic E-state index is 12.9. The Kier molecular flexibility index (Phi) is 3.84. The number of benzene rings is 1. The SMILES string of the molecule is CCCc1ccc2c(n1)S[C@H]1C(=O)N(c3ccccc3)C(=O)C1=C2N. The molecule has 2 aromatic rings. The van der Waals surface area contributed by atoms with Crippen molar-refractivity contribution in [2.45, 2.75) is 30.0 Å². The molecule has 4 rings (SSSR count). The van der Waals surface area contributed by atoms with Crippen molar-refractivity contribution < 1.29 is 9.59 Å². The van der Waals surface area contributed by atoms with Gasteiger partial charge in [0.1, 0.15) is 10.3 Å². The molecule has 1 fully saturated rings. The van der Waals surface area contributed by atoms with Gasteiger partial charge in [0, 0.05) is 11.3 Å². The molecule has 2 aliphatic heterocycles. The third-order valence-corrected chi connectivity index (χ3v) is 5.60. The lowest BCUT2D eigenvalue weighted by molar-refractivity contribution is -0.120. The summed E-state index contributed by atoms with van der Waals surface area (Å²) in [6.45, 7) is 2.09. The maximum Gasteiger partial charge on any atom is 0.264 e. The first-order valence-electron chi connectivity index (χ1n) is 8.21. The van der Waals surface area contributed by atoms with E-state index in [1.807, 2.05) is 18.2 Å². The van der Waals surface area contributed by atoms with E-state index in [1.54, 1.807) is 24.3 Å². The molecule has 0 radical (unpaired) electrons. The zero-order valence-electron chi connectivity index (χ0n) is 13.7. The van der Waals surface area contributed by atoms with Gasteiger partial charge < -0.3 is 5.73 Å². The number of amides is 2. The van der Waals surface area contributed by atoms with Crippen LogP contribution in [0.5, 0.6) is 0 Å². The van der Waals surface area contributed by atoms with Gasteiger partial charge in [-0.1, -0.05) is 43.3 Å². The number of nitrogens with zero attached hydrogens (tertiary/aromatic N) is 2. The van der Waals surface area contributed by atoms with Crippen molar-refractivity contribution in [2.75, 3.05) is 4.90 Å². The molecule has 1 saturated heterocycles. The number of nitrogens with two attached hydrogens (primary N) is 1. The van der Waals surface area contributed by atoms with Crippen LogP contribution in [0.2, 0.25) is 0 Å². The number of imide groups is 1. The van der Waals surface area contributed by atoms with Gasteiger partial charge in [0.05, 0.1) is 17.0 Å². The van der Waals surface area contributed by atoms with Crippen molar-refractivity contribution in [1.82, 2.24) is 4.98 Å². The van der Waals surface area contributed by atoms with Crippen LogP contribution in [-0.2, 0) is 16.0 Å². The van der Waals surface area contributed by atoms with Gasteiger partial charge in [-0.25, -0.2) is 9.88 Å². The monoisotopic (exact) mass is 351 g/mol. The Hall–Kier alpha value is -2.60. The van der Waals surface area contributed by atoms with Crippen molar-refractivity contribution in [3.05, 3.63) is 59.3 Å². The summed E-state index contributed by atoms with van der Waals surface area (Å²) in [6, 6.07) is 12.8. The van der Waals surface area contributed by atoms with Crippen molar-refractivity contribution in [3.63, 3.8) is 0 Å². The van der Waals surface area contributed by atoms with Gasteiger partial charge in [-0.3, -0.25) is 9.59 Å². The average molecular weight is 351 g/mol. The zero-order valence-corrected chi connectivity index (χ0v) is 14.5. The third-order valence-electron chi connectivity index (χ3n) is 4.39. The maximum atomic E-state index is 12.9. The lowest BCUT2D eigenvalue weighted by Gasteiger charge is -2.20. The fraction of sp³-hybridized carbons (Fsp3) is 0.211. The van der Waals surface area contributed by atoms with Crippen LogP contribution in [0.4, 0.5) is 5.69 Å². The first kappa shape index (κ1) is 15.9. The van der Waals surface area contributed by atoms with Crippen molar-refractivity contribution >= 4 is 35.0 Å². The number of pyridine rings is 1. The van der Waals surface area contributed by atoms with E-state index in [4.69, 9.17) is 5.73 Å². The quantitative estimate of drug-likeness (QED) is 0.861. The molecule has 25 heavy (non-hydrogen) atoms. The van der Waals surface area contributed by atoms with Crippen LogP contribution < -0.4 is 10.6 Å². The summed E-state index contributed by atoms with van der Waals surface area (Å²) in [7, 11) is 0. The number of aromatic nitrogens is 1. The Morgan fingerprint density at radius 2 is 1.92 bits per heavy atom. The van der Waals surface area contributed by atoms with Crippen LogP contribution in [0.15, 0.2) is 53.1 Å². The van der Waals surface area contributed by atoms with E-state index in [9.17, 15) is 9.59 Å². The molecular weight excluding hydrogens is 334 g/mol. The van der Waals surface area contributed by atoms with E-state index in [0.717, 1.165) is 29.1 Å². The minimum atomic E-state index is -0.621. The molecule has 0 bridgehead atoms. The first-order chi connectivity index (χ1) is 12.1. The number of fused-ring (bicyclic) bond motifs is 2. The average Bonchev–Trinajstić information content (AvgIpc) is 2.87. The molecule has 3 heterocycles. The van der Waals surface area contributed by atoms with Gasteiger partial charge in [-0.15, -0.1) is 0 Å². The largest absolute Gasteiger partial charge is 0.398 e. The van der Waals surface area contributed by atoms with Crippen LogP contribution >= 0.6 is 11.8 Å². The third kappa shape index (κ3) is 2.44. The van der Waals surface area contributed by atoms with E-state index in [2.05, 4.69) is 11.9 Å². The number of para-hydroxylation sites is 1. The van der Waals surface area contributed by atoms with Crippen LogP contribution in [-0.4, -0.2) is 22.0 Å².